The molecule has 3 aliphatic rings. The molecule has 0 heterocycles. The SMILES string of the molecule is CCC([CH2][Al]([CH2]C(C)C1CC=CCC1)[CH2]C(C)C1CC=CCC1)C1CC=CCC1. The molecule has 6 unspecified atom stereocenters. The maximum atomic E-state index is 2.61. The van der Waals surface area contributed by atoms with Crippen LogP contribution >= 0.6 is 0 Å². The minimum absolute atomic E-state index is 0.710. The van der Waals surface area contributed by atoms with E-state index in [0.717, 1.165) is 35.5 Å². The van der Waals surface area contributed by atoms with E-state index in [1.54, 1.807) is 15.8 Å². The van der Waals surface area contributed by atoms with Crippen LogP contribution in [0.3, 0.4) is 0 Å². The second kappa shape index (κ2) is 12.6. The second-order valence-corrected chi connectivity index (χ2v) is 14.0. The molecule has 3 rings (SSSR count). The van der Waals surface area contributed by atoms with Crippen molar-refractivity contribution in [1.29, 1.82) is 0 Å². The maximum Gasteiger partial charge on any atom is 0.262 e. The minimum atomic E-state index is -0.710. The fraction of sp³-hybridized carbons (Fsp3) is 0.786. The van der Waals surface area contributed by atoms with Crippen LogP contribution in [0, 0.1) is 35.5 Å². The van der Waals surface area contributed by atoms with Crippen molar-refractivity contribution in [3.8, 4) is 0 Å². The molecule has 0 aromatic rings. The molecular weight excluding hydrogens is 363 g/mol. The van der Waals surface area contributed by atoms with Gasteiger partial charge in [-0.2, -0.15) is 0 Å². The first kappa shape index (κ1) is 23.4. The Labute approximate surface area is 186 Å². The number of hydrogen-bond acceptors (Lipinski definition) is 0. The van der Waals surface area contributed by atoms with Crippen molar-refractivity contribution in [2.45, 2.75) is 101 Å². The van der Waals surface area contributed by atoms with Crippen molar-refractivity contribution in [2.24, 2.45) is 35.5 Å². The summed E-state index contributed by atoms with van der Waals surface area (Å²) in [6.07, 6.45) is 28.6. The van der Waals surface area contributed by atoms with Gasteiger partial charge in [-0.15, -0.1) is 0 Å². The summed E-state index contributed by atoms with van der Waals surface area (Å²) in [7, 11) is 0. The summed E-state index contributed by atoms with van der Waals surface area (Å²) in [5.74, 6) is 5.85. The predicted octanol–water partition coefficient (Wildman–Crippen LogP) is 8.85. The zero-order valence-electron chi connectivity index (χ0n) is 19.7. The molecule has 6 atom stereocenters. The molecular formula is C28H47Al. The molecule has 162 valence electrons. The zero-order valence-corrected chi connectivity index (χ0v) is 20.9. The highest BCUT2D eigenvalue weighted by Crippen LogP contribution is 2.38. The Bertz CT molecular complexity index is 513. The summed E-state index contributed by atoms with van der Waals surface area (Å²) in [6, 6.07) is 0. The van der Waals surface area contributed by atoms with E-state index in [2.05, 4.69) is 57.2 Å². The van der Waals surface area contributed by atoms with E-state index in [1.165, 1.54) is 64.2 Å². The highest BCUT2D eigenvalue weighted by atomic mass is 27.2. The fourth-order valence-corrected chi connectivity index (χ4v) is 11.8. The molecule has 0 aliphatic heterocycles. The van der Waals surface area contributed by atoms with E-state index in [-0.39, 0.29) is 0 Å². The summed E-state index contributed by atoms with van der Waals surface area (Å²) in [6.45, 7) is 7.71. The third-order valence-electron chi connectivity index (χ3n) is 8.78. The molecule has 0 saturated carbocycles. The predicted molar refractivity (Wildman–Crippen MR) is 132 cm³/mol. The van der Waals surface area contributed by atoms with Gasteiger partial charge in [0, 0.05) is 0 Å². The van der Waals surface area contributed by atoms with Gasteiger partial charge >= 0.3 is 0 Å². The summed E-state index contributed by atoms with van der Waals surface area (Å²) in [5, 5.41) is 4.86. The molecule has 0 nitrogen and oxygen atoms in total. The van der Waals surface area contributed by atoms with E-state index >= 15 is 0 Å². The van der Waals surface area contributed by atoms with Gasteiger partial charge in [0.1, 0.15) is 0 Å². The summed E-state index contributed by atoms with van der Waals surface area (Å²) >= 11 is -0.710. The quantitative estimate of drug-likeness (QED) is 0.249. The average molecular weight is 411 g/mol. The topological polar surface area (TPSA) is 0 Å². The fourth-order valence-electron chi connectivity index (χ4n) is 6.76. The Hall–Kier alpha value is -0.248. The Balaban J connectivity index is 1.62. The van der Waals surface area contributed by atoms with E-state index in [9.17, 15) is 0 Å². The van der Waals surface area contributed by atoms with Gasteiger partial charge in [0.2, 0.25) is 0 Å². The van der Waals surface area contributed by atoms with Crippen LogP contribution in [0.2, 0.25) is 15.8 Å². The van der Waals surface area contributed by atoms with Gasteiger partial charge in [0.25, 0.3) is 14.1 Å². The second-order valence-electron chi connectivity index (χ2n) is 10.8. The Morgan fingerprint density at radius 3 is 1.48 bits per heavy atom. The van der Waals surface area contributed by atoms with Crippen LogP contribution in [0.5, 0.6) is 0 Å². The lowest BCUT2D eigenvalue weighted by Crippen LogP contribution is -2.30. The molecule has 0 aromatic heterocycles. The molecule has 0 saturated heterocycles. The summed E-state index contributed by atoms with van der Waals surface area (Å²) in [4.78, 5) is 0. The highest BCUT2D eigenvalue weighted by molar-refractivity contribution is 6.59. The van der Waals surface area contributed by atoms with Crippen molar-refractivity contribution < 1.29 is 0 Å². The van der Waals surface area contributed by atoms with Gasteiger partial charge in [0.05, 0.1) is 0 Å². The van der Waals surface area contributed by atoms with E-state index in [0.29, 0.717) is 0 Å². The zero-order chi connectivity index (χ0) is 20.5. The van der Waals surface area contributed by atoms with Gasteiger partial charge in [-0.25, -0.2) is 0 Å². The smallest absolute Gasteiger partial charge is 0.0910 e. The third kappa shape index (κ3) is 7.44. The van der Waals surface area contributed by atoms with E-state index in [4.69, 9.17) is 0 Å². The molecule has 0 radical (unpaired) electrons. The Morgan fingerprint density at radius 2 is 1.10 bits per heavy atom. The normalized spacial score (nSPS) is 30.1. The molecule has 0 spiro atoms. The maximum absolute atomic E-state index is 2.61. The Kier molecular flexibility index (Phi) is 10.1. The number of rotatable bonds is 10. The van der Waals surface area contributed by atoms with Crippen LogP contribution in [-0.4, -0.2) is 14.1 Å². The van der Waals surface area contributed by atoms with Gasteiger partial charge in [0.15, 0.2) is 0 Å². The van der Waals surface area contributed by atoms with Crippen molar-refractivity contribution in [2.75, 3.05) is 0 Å². The number of allylic oxidation sites excluding steroid dienone is 6. The van der Waals surface area contributed by atoms with Gasteiger partial charge in [-0.05, 0) is 75.5 Å². The number of hydrogen-bond donors (Lipinski definition) is 0. The third-order valence-corrected chi connectivity index (χ3v) is 12.9. The van der Waals surface area contributed by atoms with Crippen LogP contribution in [0.15, 0.2) is 36.5 Å². The molecule has 0 bridgehead atoms. The largest absolute Gasteiger partial charge is 0.262 e. The van der Waals surface area contributed by atoms with Gasteiger partial charge < -0.3 is 0 Å². The van der Waals surface area contributed by atoms with E-state index in [1.807, 2.05) is 0 Å². The van der Waals surface area contributed by atoms with Crippen molar-refractivity contribution in [3.63, 3.8) is 0 Å². The van der Waals surface area contributed by atoms with Crippen LogP contribution in [0.1, 0.15) is 85.0 Å². The Morgan fingerprint density at radius 1 is 0.655 bits per heavy atom. The lowest BCUT2D eigenvalue weighted by molar-refractivity contribution is 0.313. The minimum Gasteiger partial charge on any atom is -0.0910 e. The lowest BCUT2D eigenvalue weighted by Gasteiger charge is -2.34. The summed E-state index contributed by atoms with van der Waals surface area (Å²) in [5.41, 5.74) is 0. The first-order chi connectivity index (χ1) is 14.2. The average Bonchev–Trinajstić information content (AvgIpc) is 2.79. The van der Waals surface area contributed by atoms with Gasteiger partial charge in [-0.3, -0.25) is 0 Å². The monoisotopic (exact) mass is 410 g/mol. The lowest BCUT2D eigenvalue weighted by atomic mass is 9.82. The van der Waals surface area contributed by atoms with Crippen molar-refractivity contribution in [1.82, 2.24) is 0 Å². The molecule has 0 amide bonds. The van der Waals surface area contributed by atoms with Crippen LogP contribution < -0.4 is 0 Å². The highest BCUT2D eigenvalue weighted by Gasteiger charge is 2.32. The summed E-state index contributed by atoms with van der Waals surface area (Å²) < 4.78 is 0. The molecule has 29 heavy (non-hydrogen) atoms. The molecule has 0 aromatic carbocycles. The molecule has 1 heteroatoms. The first-order valence-electron chi connectivity index (χ1n) is 13.1. The standard InChI is InChI=1S/C10H17.2C9H15.Al/c1-3-9(2)10-7-5-4-6-8-10;2*1-8(2)9-6-4-3-5-7-9;/h4-5,9-10H,2-3,6-8H2,1H3;2*3-4,8-9H,1,5-7H2,2H3;. The van der Waals surface area contributed by atoms with E-state index < -0.39 is 14.1 Å². The first-order valence-corrected chi connectivity index (χ1v) is 15.6. The van der Waals surface area contributed by atoms with Crippen LogP contribution in [-0.2, 0) is 0 Å². The van der Waals surface area contributed by atoms with Crippen molar-refractivity contribution >= 4 is 14.1 Å². The van der Waals surface area contributed by atoms with Crippen LogP contribution in [0.4, 0.5) is 0 Å². The molecule has 0 fully saturated rings. The van der Waals surface area contributed by atoms with Crippen molar-refractivity contribution in [3.05, 3.63) is 36.5 Å². The molecule has 0 N–H and O–H groups in total. The molecule has 3 aliphatic carbocycles. The van der Waals surface area contributed by atoms with Crippen LogP contribution in [0.25, 0.3) is 0 Å². The van der Waals surface area contributed by atoms with Gasteiger partial charge in [-0.1, -0.05) is 97.3 Å².